The Hall–Kier alpha value is -4.18. The minimum absolute atomic E-state index is 0.00887. The highest BCUT2D eigenvalue weighted by Gasteiger charge is 2.09. The smallest absolute Gasteiger partial charge is 0.193 e. The maximum Gasteiger partial charge on any atom is 0.193 e. The van der Waals surface area contributed by atoms with Crippen LogP contribution in [0, 0.1) is 0 Å². The van der Waals surface area contributed by atoms with Crippen molar-refractivity contribution in [2.45, 2.75) is 19.3 Å². The van der Waals surface area contributed by atoms with Crippen molar-refractivity contribution < 1.29 is 19.1 Å². The van der Waals surface area contributed by atoms with Gasteiger partial charge in [0, 0.05) is 22.3 Å². The molecule has 0 aliphatic rings. The van der Waals surface area contributed by atoms with E-state index in [1.54, 1.807) is 24.3 Å². The first-order chi connectivity index (χ1) is 17.2. The first-order valence-electron chi connectivity index (χ1n) is 11.9. The fourth-order valence-electron chi connectivity index (χ4n) is 3.68. The summed E-state index contributed by atoms with van der Waals surface area (Å²) in [5, 5.41) is 0. The lowest BCUT2D eigenvalue weighted by Gasteiger charge is -2.09. The highest BCUT2D eigenvalue weighted by atomic mass is 16.5. The molecule has 4 aromatic rings. The minimum Gasteiger partial charge on any atom is -0.494 e. The topological polar surface area (TPSA) is 52.6 Å². The summed E-state index contributed by atoms with van der Waals surface area (Å²) in [5.41, 5.74) is 2.66. The largest absolute Gasteiger partial charge is 0.494 e. The zero-order valence-electron chi connectivity index (χ0n) is 19.6. The van der Waals surface area contributed by atoms with Gasteiger partial charge in [0.25, 0.3) is 0 Å². The monoisotopic (exact) mass is 464 g/mol. The Morgan fingerprint density at radius 2 is 0.771 bits per heavy atom. The number of ether oxygens (including phenoxy) is 2. The summed E-state index contributed by atoms with van der Waals surface area (Å²) in [5.74, 6) is 1.54. The second-order valence-electron chi connectivity index (χ2n) is 8.20. The lowest BCUT2D eigenvalue weighted by Crippen LogP contribution is -2.03. The van der Waals surface area contributed by atoms with Crippen LogP contribution in [0.5, 0.6) is 11.5 Å². The Labute approximate surface area is 206 Å². The van der Waals surface area contributed by atoms with Crippen LogP contribution >= 0.6 is 0 Å². The molecular weight excluding hydrogens is 436 g/mol. The molecule has 0 bridgehead atoms. The van der Waals surface area contributed by atoms with Crippen LogP contribution in [0.4, 0.5) is 0 Å². The van der Waals surface area contributed by atoms with E-state index in [2.05, 4.69) is 0 Å². The van der Waals surface area contributed by atoms with Crippen LogP contribution in [-0.4, -0.2) is 24.8 Å². The number of rotatable bonds is 12. The third-order valence-electron chi connectivity index (χ3n) is 5.63. The van der Waals surface area contributed by atoms with Crippen molar-refractivity contribution >= 4 is 11.6 Å². The third-order valence-corrected chi connectivity index (χ3v) is 5.63. The molecule has 4 aromatic carbocycles. The van der Waals surface area contributed by atoms with E-state index in [1.165, 1.54) is 0 Å². The molecule has 4 rings (SSSR count). The van der Waals surface area contributed by atoms with E-state index in [9.17, 15) is 9.59 Å². The molecule has 35 heavy (non-hydrogen) atoms. The second kappa shape index (κ2) is 12.3. The molecule has 4 heteroatoms. The van der Waals surface area contributed by atoms with Crippen molar-refractivity contribution in [2.24, 2.45) is 0 Å². The maximum atomic E-state index is 12.5. The number of carbonyl (C=O) groups excluding carboxylic acids is 2. The van der Waals surface area contributed by atoms with Crippen molar-refractivity contribution in [3.63, 3.8) is 0 Å². The Balaban J connectivity index is 1.12. The van der Waals surface area contributed by atoms with Crippen LogP contribution in [0.2, 0.25) is 0 Å². The van der Waals surface area contributed by atoms with Crippen molar-refractivity contribution in [1.29, 1.82) is 0 Å². The normalized spacial score (nSPS) is 10.5. The fraction of sp³-hybridized carbons (Fsp3) is 0.161. The molecule has 0 amide bonds. The summed E-state index contributed by atoms with van der Waals surface area (Å²) in [7, 11) is 0. The standard InChI is InChI=1S/C31H28O4/c32-30(24-10-4-1-5-11-24)26-14-18-28(19-15-26)34-22-8-3-9-23-35-29-20-16-27(17-21-29)31(33)25-12-6-2-7-13-25/h1-2,4-7,10-21H,3,8-9,22-23H2. The molecule has 0 spiro atoms. The zero-order valence-corrected chi connectivity index (χ0v) is 19.6. The number of carbonyl (C=O) groups is 2. The number of benzene rings is 4. The van der Waals surface area contributed by atoms with Gasteiger partial charge >= 0.3 is 0 Å². The lowest BCUT2D eigenvalue weighted by molar-refractivity contribution is 0.103. The summed E-state index contributed by atoms with van der Waals surface area (Å²) < 4.78 is 11.6. The summed E-state index contributed by atoms with van der Waals surface area (Å²) in [6.07, 6.45) is 2.81. The molecule has 0 aromatic heterocycles. The van der Waals surface area contributed by atoms with Crippen LogP contribution < -0.4 is 9.47 Å². The van der Waals surface area contributed by atoms with Crippen molar-refractivity contribution in [3.8, 4) is 11.5 Å². The maximum absolute atomic E-state index is 12.5. The van der Waals surface area contributed by atoms with Gasteiger partial charge in [-0.15, -0.1) is 0 Å². The van der Waals surface area contributed by atoms with Gasteiger partial charge in [0.1, 0.15) is 11.5 Å². The highest BCUT2D eigenvalue weighted by Crippen LogP contribution is 2.17. The Morgan fingerprint density at radius 1 is 0.429 bits per heavy atom. The molecular formula is C31H28O4. The van der Waals surface area contributed by atoms with E-state index in [4.69, 9.17) is 9.47 Å². The van der Waals surface area contributed by atoms with Crippen LogP contribution in [-0.2, 0) is 0 Å². The molecule has 176 valence electrons. The van der Waals surface area contributed by atoms with Gasteiger partial charge in [-0.1, -0.05) is 60.7 Å². The van der Waals surface area contributed by atoms with Crippen LogP contribution in [0.15, 0.2) is 109 Å². The van der Waals surface area contributed by atoms with Crippen LogP contribution in [0.3, 0.4) is 0 Å². The molecule has 4 nitrogen and oxygen atoms in total. The predicted molar refractivity (Wildman–Crippen MR) is 137 cm³/mol. The SMILES string of the molecule is O=C(c1ccccc1)c1ccc(OCCCCCOc2ccc(C(=O)c3ccccc3)cc2)cc1. The van der Waals surface area contributed by atoms with E-state index in [0.29, 0.717) is 35.5 Å². The molecule has 0 saturated heterocycles. The molecule has 0 aliphatic heterocycles. The van der Waals surface area contributed by atoms with Gasteiger partial charge in [-0.05, 0) is 67.8 Å². The highest BCUT2D eigenvalue weighted by molar-refractivity contribution is 6.09. The Kier molecular flexibility index (Phi) is 8.44. The summed E-state index contributed by atoms with van der Waals surface area (Å²) in [6, 6.07) is 33.1. The van der Waals surface area contributed by atoms with E-state index in [-0.39, 0.29) is 11.6 Å². The molecule has 0 atom stereocenters. The molecule has 0 N–H and O–H groups in total. The number of ketones is 2. The second-order valence-corrected chi connectivity index (χ2v) is 8.20. The van der Waals surface area contributed by atoms with Gasteiger partial charge in [-0.2, -0.15) is 0 Å². The predicted octanol–water partition coefficient (Wildman–Crippen LogP) is 6.78. The number of hydrogen-bond acceptors (Lipinski definition) is 4. The van der Waals surface area contributed by atoms with E-state index in [0.717, 1.165) is 30.8 Å². The zero-order chi connectivity index (χ0) is 24.3. The van der Waals surface area contributed by atoms with Crippen molar-refractivity contribution in [1.82, 2.24) is 0 Å². The van der Waals surface area contributed by atoms with Gasteiger partial charge in [0.2, 0.25) is 0 Å². The fourth-order valence-corrected chi connectivity index (χ4v) is 3.68. The summed E-state index contributed by atoms with van der Waals surface area (Å²) in [6.45, 7) is 1.23. The molecule has 0 saturated carbocycles. The Morgan fingerprint density at radius 3 is 1.14 bits per heavy atom. The molecule has 0 aliphatic carbocycles. The van der Waals surface area contributed by atoms with Gasteiger partial charge in [-0.3, -0.25) is 9.59 Å². The average molecular weight is 465 g/mol. The average Bonchev–Trinajstić information content (AvgIpc) is 2.93. The van der Waals surface area contributed by atoms with Crippen LogP contribution in [0.25, 0.3) is 0 Å². The van der Waals surface area contributed by atoms with Crippen LogP contribution in [0.1, 0.15) is 51.1 Å². The third kappa shape index (κ3) is 6.90. The van der Waals surface area contributed by atoms with Gasteiger partial charge < -0.3 is 9.47 Å². The number of hydrogen-bond donors (Lipinski definition) is 0. The van der Waals surface area contributed by atoms with E-state index >= 15 is 0 Å². The Bertz CT molecular complexity index is 1120. The van der Waals surface area contributed by atoms with E-state index in [1.807, 2.05) is 84.9 Å². The number of unbranched alkanes of at least 4 members (excludes halogenated alkanes) is 2. The van der Waals surface area contributed by atoms with Crippen molar-refractivity contribution in [2.75, 3.05) is 13.2 Å². The first kappa shape index (κ1) is 24.0. The minimum atomic E-state index is 0.00887. The molecule has 0 unspecified atom stereocenters. The van der Waals surface area contributed by atoms with Gasteiger partial charge in [-0.25, -0.2) is 0 Å². The molecule has 0 fully saturated rings. The van der Waals surface area contributed by atoms with Crippen molar-refractivity contribution in [3.05, 3.63) is 131 Å². The van der Waals surface area contributed by atoms with Gasteiger partial charge in [0.05, 0.1) is 13.2 Å². The van der Waals surface area contributed by atoms with Gasteiger partial charge in [0.15, 0.2) is 11.6 Å². The lowest BCUT2D eigenvalue weighted by atomic mass is 10.0. The summed E-state index contributed by atoms with van der Waals surface area (Å²) in [4.78, 5) is 24.9. The quantitative estimate of drug-likeness (QED) is 0.171. The summed E-state index contributed by atoms with van der Waals surface area (Å²) >= 11 is 0. The molecule has 0 radical (unpaired) electrons. The molecule has 0 heterocycles. The first-order valence-corrected chi connectivity index (χ1v) is 11.9. The van der Waals surface area contributed by atoms with E-state index < -0.39 is 0 Å².